The van der Waals surface area contributed by atoms with E-state index in [1.54, 1.807) is 0 Å². The lowest BCUT2D eigenvalue weighted by molar-refractivity contribution is -0.138. The Morgan fingerprint density at radius 2 is 2.31 bits per heavy atom. The van der Waals surface area contributed by atoms with Gasteiger partial charge in [0.25, 0.3) is 0 Å². The highest BCUT2D eigenvalue weighted by atomic mass is 32.2. The first-order valence-electron chi connectivity index (χ1n) is 3.90. The van der Waals surface area contributed by atoms with Crippen LogP contribution in [0.4, 0.5) is 0 Å². The number of amidine groups is 1. The van der Waals surface area contributed by atoms with Gasteiger partial charge in [-0.25, -0.2) is 0 Å². The van der Waals surface area contributed by atoms with Gasteiger partial charge >= 0.3 is 5.97 Å². The molecule has 0 aromatic heterocycles. The summed E-state index contributed by atoms with van der Waals surface area (Å²) in [6, 6.07) is -0.786. The number of thioether (sulfide) groups is 1. The molecule has 0 aliphatic carbocycles. The van der Waals surface area contributed by atoms with Crippen LogP contribution in [0.5, 0.6) is 0 Å². The summed E-state index contributed by atoms with van der Waals surface area (Å²) in [6.45, 7) is 0.535. The zero-order valence-electron chi connectivity index (χ0n) is 7.56. The second kappa shape index (κ2) is 6.73. The Morgan fingerprint density at radius 3 is 2.77 bits per heavy atom. The number of rotatable bonds is 5. The largest absolute Gasteiger partial charge is 0.480 e. The predicted molar refractivity (Wildman–Crippen MR) is 54.8 cm³/mol. The Bertz CT molecular complexity index is 196. The molecule has 5 nitrogen and oxygen atoms in total. The number of carbonyl (C=O) groups is 1. The summed E-state index contributed by atoms with van der Waals surface area (Å²) in [7, 11) is 0. The van der Waals surface area contributed by atoms with Crippen molar-refractivity contribution in [1.82, 2.24) is 0 Å². The van der Waals surface area contributed by atoms with E-state index in [4.69, 9.17) is 16.6 Å². The van der Waals surface area contributed by atoms with Gasteiger partial charge in [-0.15, -0.1) is 0 Å². The zero-order chi connectivity index (χ0) is 10.3. The third-order valence-electron chi connectivity index (χ3n) is 1.47. The summed E-state index contributed by atoms with van der Waals surface area (Å²) in [4.78, 5) is 14.3. The number of aliphatic imine (C=N–C) groups is 1. The second-order valence-corrected chi connectivity index (χ2v) is 3.34. The van der Waals surface area contributed by atoms with Gasteiger partial charge in [0.2, 0.25) is 0 Å². The lowest BCUT2D eigenvalue weighted by Gasteiger charge is -2.03. The number of aliphatic carboxylic acids is 1. The predicted octanol–water partition coefficient (Wildman–Crippen LogP) is -0.144. The first kappa shape index (κ1) is 12.2. The van der Waals surface area contributed by atoms with Crippen molar-refractivity contribution < 1.29 is 9.90 Å². The quantitative estimate of drug-likeness (QED) is 0.328. The molecule has 0 saturated heterocycles. The summed E-state index contributed by atoms with van der Waals surface area (Å²) in [5.74, 6) is -0.971. The summed E-state index contributed by atoms with van der Waals surface area (Å²) in [5.41, 5.74) is 10.7. The molecule has 6 heteroatoms. The Hall–Kier alpha value is -0.750. The van der Waals surface area contributed by atoms with Gasteiger partial charge in [-0.1, -0.05) is 11.8 Å². The van der Waals surface area contributed by atoms with Crippen molar-refractivity contribution in [2.45, 2.75) is 18.9 Å². The molecule has 5 N–H and O–H groups in total. The molecule has 0 aromatic rings. The molecule has 13 heavy (non-hydrogen) atoms. The fourth-order valence-electron chi connectivity index (χ4n) is 0.688. The van der Waals surface area contributed by atoms with Crippen molar-refractivity contribution in [2.24, 2.45) is 16.5 Å². The maximum absolute atomic E-state index is 10.3. The molecule has 0 heterocycles. The van der Waals surface area contributed by atoms with Crippen molar-refractivity contribution in [3.05, 3.63) is 0 Å². The van der Waals surface area contributed by atoms with Crippen LogP contribution in [0, 0.1) is 0 Å². The van der Waals surface area contributed by atoms with Gasteiger partial charge in [0.15, 0.2) is 5.17 Å². The number of carboxylic acid groups (broad SMARTS) is 1. The van der Waals surface area contributed by atoms with Crippen LogP contribution in [-0.4, -0.2) is 35.1 Å². The second-order valence-electron chi connectivity index (χ2n) is 2.51. The number of hydrogen-bond donors (Lipinski definition) is 3. The molecular weight excluding hydrogens is 189 g/mol. The molecule has 76 valence electrons. The van der Waals surface area contributed by atoms with E-state index >= 15 is 0 Å². The maximum Gasteiger partial charge on any atom is 0.320 e. The van der Waals surface area contributed by atoms with Crippen molar-refractivity contribution >= 4 is 22.9 Å². The Morgan fingerprint density at radius 1 is 1.69 bits per heavy atom. The van der Waals surface area contributed by atoms with E-state index in [0.717, 1.165) is 0 Å². The normalized spacial score (nSPS) is 14.2. The fourth-order valence-corrected chi connectivity index (χ4v) is 0.909. The molecule has 0 aromatic carbocycles. The third-order valence-corrected chi connectivity index (χ3v) is 2.01. The van der Waals surface area contributed by atoms with Crippen molar-refractivity contribution in [2.75, 3.05) is 12.8 Å². The molecular formula is C7H15N3O2S. The highest BCUT2D eigenvalue weighted by Crippen LogP contribution is 1.97. The van der Waals surface area contributed by atoms with Crippen LogP contribution in [0.2, 0.25) is 0 Å². The molecule has 0 aliphatic rings. The van der Waals surface area contributed by atoms with E-state index < -0.39 is 12.0 Å². The van der Waals surface area contributed by atoms with E-state index in [1.165, 1.54) is 11.8 Å². The smallest absolute Gasteiger partial charge is 0.320 e. The zero-order valence-corrected chi connectivity index (χ0v) is 8.38. The number of nitrogens with two attached hydrogens (primary N) is 2. The molecule has 0 fully saturated rings. The van der Waals surface area contributed by atoms with Crippen LogP contribution >= 0.6 is 11.8 Å². The van der Waals surface area contributed by atoms with E-state index in [-0.39, 0.29) is 0 Å². The van der Waals surface area contributed by atoms with E-state index in [9.17, 15) is 4.79 Å². The third kappa shape index (κ3) is 6.41. The lowest BCUT2D eigenvalue weighted by Crippen LogP contribution is -2.30. The summed E-state index contributed by atoms with van der Waals surface area (Å²) in [5, 5.41) is 8.96. The molecule has 0 saturated carbocycles. The lowest BCUT2D eigenvalue weighted by atomic mass is 10.2. The first-order chi connectivity index (χ1) is 6.07. The van der Waals surface area contributed by atoms with Crippen LogP contribution in [-0.2, 0) is 4.79 Å². The Balaban J connectivity index is 3.51. The summed E-state index contributed by atoms with van der Waals surface area (Å²) in [6.07, 6.45) is 2.91. The Kier molecular flexibility index (Phi) is 6.34. The molecule has 0 spiro atoms. The van der Waals surface area contributed by atoms with E-state index in [1.807, 2.05) is 6.26 Å². The number of hydrogen-bond acceptors (Lipinski definition) is 4. The SMILES string of the molecule is [11CH3]SC(N)=NCCC[C@H](N)C(=O)O. The van der Waals surface area contributed by atoms with Crippen LogP contribution in [0.25, 0.3) is 0 Å². The van der Waals surface area contributed by atoms with Crippen LogP contribution in [0.3, 0.4) is 0 Å². The highest BCUT2D eigenvalue weighted by Gasteiger charge is 2.09. The molecule has 1 atom stereocenters. The molecule has 0 radical (unpaired) electrons. The molecule has 0 rings (SSSR count). The minimum absolute atomic E-state index is 0.431. The minimum Gasteiger partial charge on any atom is -0.480 e. The standard InChI is InChI=1S/C7H15N3O2S/c1-13-7(9)10-4-2-3-5(8)6(11)12/h5H,2-4,8H2,1H3,(H2,9,10)(H,11,12)/t5-/m0/s1/i1-1. The van der Waals surface area contributed by atoms with Gasteiger partial charge in [0.05, 0.1) is 0 Å². The van der Waals surface area contributed by atoms with Crippen LogP contribution in [0.1, 0.15) is 12.8 Å². The first-order valence-corrected chi connectivity index (χ1v) is 5.12. The molecule has 0 amide bonds. The minimum atomic E-state index is -0.971. The average molecular weight is 204 g/mol. The number of carboxylic acids is 1. The van der Waals surface area contributed by atoms with Gasteiger partial charge in [-0.2, -0.15) is 0 Å². The fraction of sp³-hybridized carbons (Fsp3) is 0.714. The maximum atomic E-state index is 10.3. The van der Waals surface area contributed by atoms with Crippen molar-refractivity contribution in [1.29, 1.82) is 0 Å². The van der Waals surface area contributed by atoms with Crippen molar-refractivity contribution in [3.63, 3.8) is 0 Å². The van der Waals surface area contributed by atoms with Crippen molar-refractivity contribution in [3.8, 4) is 0 Å². The average Bonchev–Trinajstić information content (AvgIpc) is 2.11. The monoisotopic (exact) mass is 204 g/mol. The highest BCUT2D eigenvalue weighted by molar-refractivity contribution is 8.13. The molecule has 0 aliphatic heterocycles. The topological polar surface area (TPSA) is 102 Å². The van der Waals surface area contributed by atoms with Gasteiger partial charge < -0.3 is 16.6 Å². The van der Waals surface area contributed by atoms with Gasteiger partial charge in [-0.3, -0.25) is 9.79 Å². The summed E-state index contributed by atoms with van der Waals surface area (Å²) >= 11 is 1.37. The van der Waals surface area contributed by atoms with Gasteiger partial charge in [0.1, 0.15) is 6.04 Å². The van der Waals surface area contributed by atoms with Crippen LogP contribution in [0.15, 0.2) is 4.99 Å². The summed E-state index contributed by atoms with van der Waals surface area (Å²) < 4.78 is 0. The van der Waals surface area contributed by atoms with Gasteiger partial charge in [0, 0.05) is 6.54 Å². The molecule has 0 bridgehead atoms. The van der Waals surface area contributed by atoms with E-state index in [0.29, 0.717) is 24.6 Å². The number of nitrogens with zero attached hydrogens (tertiary/aromatic N) is 1. The molecule has 0 unspecified atom stereocenters. The van der Waals surface area contributed by atoms with Gasteiger partial charge in [-0.05, 0) is 19.1 Å². The Labute approximate surface area is 81.6 Å². The van der Waals surface area contributed by atoms with Crippen LogP contribution < -0.4 is 11.5 Å². The van der Waals surface area contributed by atoms with E-state index in [2.05, 4.69) is 4.99 Å².